The maximum atomic E-state index is 12.0. The van der Waals surface area contributed by atoms with Crippen molar-refractivity contribution in [2.45, 2.75) is 6.42 Å². The molecule has 1 amide bonds. The number of carbonyl (C=O) groups is 1. The first-order chi connectivity index (χ1) is 11.9. The normalized spacial score (nSPS) is 11.5. The van der Waals surface area contributed by atoms with E-state index in [0.29, 0.717) is 26.5 Å². The van der Waals surface area contributed by atoms with Crippen LogP contribution in [0, 0.1) is 0 Å². The molecule has 128 valence electrons. The highest BCUT2D eigenvalue weighted by atomic mass is 35.5. The van der Waals surface area contributed by atoms with Crippen molar-refractivity contribution in [1.29, 1.82) is 0 Å². The molecule has 1 aromatic carbocycles. The van der Waals surface area contributed by atoms with E-state index in [1.165, 1.54) is 10.6 Å². The summed E-state index contributed by atoms with van der Waals surface area (Å²) >= 11 is 12.2. The lowest BCUT2D eigenvalue weighted by molar-refractivity contribution is -0.117. The average Bonchev–Trinajstić information content (AvgIpc) is 2.90. The van der Waals surface area contributed by atoms with Crippen LogP contribution in [0.4, 0.5) is 5.69 Å². The summed E-state index contributed by atoms with van der Waals surface area (Å²) in [6.45, 7) is 0. The Morgan fingerprint density at radius 1 is 1.24 bits per heavy atom. The fourth-order valence-electron chi connectivity index (χ4n) is 2.37. The standard InChI is InChI=1S/C16H12Cl2N4O3/c1-22-7-8(2-5-12(22)24)6-11(23)20-21-15-13-9(17)3-4-10(18)14(13)19-16(15)25/h2-5,7,19,25H,6H2,1H3. The minimum absolute atomic E-state index is 0.0325. The van der Waals surface area contributed by atoms with Crippen LogP contribution in [0.2, 0.25) is 10.0 Å². The van der Waals surface area contributed by atoms with Gasteiger partial charge in [-0.1, -0.05) is 29.3 Å². The largest absolute Gasteiger partial charge is 0.493 e. The van der Waals surface area contributed by atoms with E-state index in [2.05, 4.69) is 15.2 Å². The number of halogens is 2. The van der Waals surface area contributed by atoms with Gasteiger partial charge in [0.1, 0.15) is 0 Å². The number of nitrogens with zero attached hydrogens (tertiary/aromatic N) is 3. The van der Waals surface area contributed by atoms with E-state index in [0.717, 1.165) is 0 Å². The molecule has 9 heteroatoms. The number of nitrogens with one attached hydrogen (secondary N) is 1. The lowest BCUT2D eigenvalue weighted by Crippen LogP contribution is -2.15. The average molecular weight is 379 g/mol. The fraction of sp³-hybridized carbons (Fsp3) is 0.125. The summed E-state index contributed by atoms with van der Waals surface area (Å²) in [4.78, 5) is 26.0. The Kier molecular flexibility index (Phi) is 4.61. The third-order valence-corrected chi connectivity index (χ3v) is 4.20. The molecule has 3 aromatic rings. The van der Waals surface area contributed by atoms with Gasteiger partial charge in [0.25, 0.3) is 5.91 Å². The maximum absolute atomic E-state index is 12.0. The molecule has 0 spiro atoms. The van der Waals surface area contributed by atoms with Crippen molar-refractivity contribution in [1.82, 2.24) is 9.55 Å². The first kappa shape index (κ1) is 17.2. The molecule has 0 aliphatic heterocycles. The summed E-state index contributed by atoms with van der Waals surface area (Å²) in [5.41, 5.74) is 0.894. The number of H-pyrrole nitrogens is 1. The SMILES string of the molecule is Cn1cc(CC(=O)N=Nc2c(O)[nH]c3c(Cl)ccc(Cl)c23)ccc1=O. The van der Waals surface area contributed by atoms with Crippen LogP contribution in [0.1, 0.15) is 5.56 Å². The minimum Gasteiger partial charge on any atom is -0.493 e. The van der Waals surface area contributed by atoms with Gasteiger partial charge in [-0.05, 0) is 17.7 Å². The summed E-state index contributed by atoms with van der Waals surface area (Å²) in [5, 5.41) is 18.5. The van der Waals surface area contributed by atoms with Crippen molar-refractivity contribution in [2.24, 2.45) is 17.3 Å². The van der Waals surface area contributed by atoms with Crippen molar-refractivity contribution >= 4 is 45.7 Å². The zero-order valence-corrected chi connectivity index (χ0v) is 14.5. The molecule has 0 aliphatic carbocycles. The van der Waals surface area contributed by atoms with Gasteiger partial charge in [-0.25, -0.2) is 0 Å². The zero-order chi connectivity index (χ0) is 18.1. The Hall–Kier alpha value is -2.64. The lowest BCUT2D eigenvalue weighted by atomic mass is 10.2. The van der Waals surface area contributed by atoms with Gasteiger partial charge < -0.3 is 14.7 Å². The summed E-state index contributed by atoms with van der Waals surface area (Å²) in [6.07, 6.45) is 1.52. The summed E-state index contributed by atoms with van der Waals surface area (Å²) < 4.78 is 1.37. The summed E-state index contributed by atoms with van der Waals surface area (Å²) in [6, 6.07) is 6.06. The number of rotatable bonds is 3. The molecule has 3 rings (SSSR count). The van der Waals surface area contributed by atoms with E-state index >= 15 is 0 Å². The molecule has 0 radical (unpaired) electrons. The number of aromatic hydroxyl groups is 1. The maximum Gasteiger partial charge on any atom is 0.269 e. The van der Waals surface area contributed by atoms with Gasteiger partial charge >= 0.3 is 0 Å². The first-order valence-electron chi connectivity index (χ1n) is 7.15. The van der Waals surface area contributed by atoms with Crippen molar-refractivity contribution in [3.63, 3.8) is 0 Å². The Morgan fingerprint density at radius 3 is 2.68 bits per heavy atom. The van der Waals surface area contributed by atoms with E-state index < -0.39 is 5.91 Å². The monoisotopic (exact) mass is 378 g/mol. The van der Waals surface area contributed by atoms with Gasteiger partial charge in [-0.2, -0.15) is 0 Å². The second-order valence-electron chi connectivity index (χ2n) is 5.36. The quantitative estimate of drug-likeness (QED) is 0.678. The lowest BCUT2D eigenvalue weighted by Gasteiger charge is -2.00. The summed E-state index contributed by atoms with van der Waals surface area (Å²) in [5.74, 6) is -0.825. The molecule has 25 heavy (non-hydrogen) atoms. The highest BCUT2D eigenvalue weighted by molar-refractivity contribution is 6.41. The molecule has 0 bridgehead atoms. The van der Waals surface area contributed by atoms with Crippen molar-refractivity contribution in [3.05, 3.63) is 56.4 Å². The second kappa shape index (κ2) is 6.70. The number of carbonyl (C=O) groups excluding carboxylic acids is 1. The molecule has 2 aromatic heterocycles. The highest BCUT2D eigenvalue weighted by Gasteiger charge is 2.16. The number of aromatic nitrogens is 2. The van der Waals surface area contributed by atoms with Crippen molar-refractivity contribution in [2.75, 3.05) is 0 Å². The van der Waals surface area contributed by atoms with Gasteiger partial charge in [0.05, 0.1) is 27.4 Å². The molecule has 0 fully saturated rings. The second-order valence-corrected chi connectivity index (χ2v) is 6.17. The predicted octanol–water partition coefficient (Wildman–Crippen LogP) is 3.73. The number of aromatic amines is 1. The van der Waals surface area contributed by atoms with Crippen LogP contribution < -0.4 is 5.56 Å². The van der Waals surface area contributed by atoms with Crippen LogP contribution in [0.25, 0.3) is 10.9 Å². The third kappa shape index (κ3) is 3.42. The zero-order valence-electron chi connectivity index (χ0n) is 13.0. The third-order valence-electron chi connectivity index (χ3n) is 3.57. The van der Waals surface area contributed by atoms with Crippen LogP contribution in [0.15, 0.2) is 45.5 Å². The van der Waals surface area contributed by atoms with E-state index in [9.17, 15) is 14.7 Å². The van der Waals surface area contributed by atoms with Crippen molar-refractivity contribution in [3.8, 4) is 5.88 Å². The van der Waals surface area contributed by atoms with Crippen LogP contribution >= 0.6 is 23.2 Å². The number of amides is 1. The van der Waals surface area contributed by atoms with Crippen LogP contribution in [0.5, 0.6) is 5.88 Å². The Labute approximate surface area is 151 Å². The number of fused-ring (bicyclic) bond motifs is 1. The van der Waals surface area contributed by atoms with Gasteiger partial charge in [0.15, 0.2) is 5.69 Å². The molecule has 2 N–H and O–H groups in total. The smallest absolute Gasteiger partial charge is 0.269 e. The Balaban J connectivity index is 1.89. The predicted molar refractivity (Wildman–Crippen MR) is 94.9 cm³/mol. The highest BCUT2D eigenvalue weighted by Crippen LogP contribution is 2.42. The fourth-order valence-corrected chi connectivity index (χ4v) is 2.82. The topological polar surface area (TPSA) is 99.8 Å². The molecule has 7 nitrogen and oxygen atoms in total. The summed E-state index contributed by atoms with van der Waals surface area (Å²) in [7, 11) is 1.59. The molecular formula is C16H12Cl2N4O3. The molecule has 0 atom stereocenters. The minimum atomic E-state index is -0.537. The molecular weight excluding hydrogens is 367 g/mol. The number of hydrogen-bond donors (Lipinski definition) is 2. The van der Waals surface area contributed by atoms with E-state index in [1.807, 2.05) is 0 Å². The molecule has 0 aliphatic rings. The number of azo groups is 1. The van der Waals surface area contributed by atoms with Gasteiger partial charge in [0, 0.05) is 19.3 Å². The number of hydrogen-bond acceptors (Lipinski definition) is 4. The molecule has 2 heterocycles. The van der Waals surface area contributed by atoms with Crippen LogP contribution in [0.3, 0.4) is 0 Å². The van der Waals surface area contributed by atoms with E-state index in [1.54, 1.807) is 31.4 Å². The number of aryl methyl sites for hydroxylation is 1. The van der Waals surface area contributed by atoms with Crippen LogP contribution in [-0.4, -0.2) is 20.6 Å². The van der Waals surface area contributed by atoms with Gasteiger partial charge in [-0.3, -0.25) is 9.59 Å². The van der Waals surface area contributed by atoms with E-state index in [4.69, 9.17) is 23.2 Å². The van der Waals surface area contributed by atoms with Gasteiger partial charge in [0.2, 0.25) is 11.4 Å². The Bertz CT molecular complexity index is 1070. The van der Waals surface area contributed by atoms with Crippen molar-refractivity contribution < 1.29 is 9.90 Å². The Morgan fingerprint density at radius 2 is 1.96 bits per heavy atom. The molecule has 0 saturated heterocycles. The molecule has 0 saturated carbocycles. The van der Waals surface area contributed by atoms with E-state index in [-0.39, 0.29) is 23.5 Å². The first-order valence-corrected chi connectivity index (χ1v) is 7.91. The number of pyridine rings is 1. The van der Waals surface area contributed by atoms with Gasteiger partial charge in [-0.15, -0.1) is 10.2 Å². The number of benzene rings is 1. The van der Waals surface area contributed by atoms with Crippen LogP contribution in [-0.2, 0) is 18.3 Å². The molecule has 0 unspecified atom stereocenters.